The van der Waals surface area contributed by atoms with E-state index in [1.807, 2.05) is 19.9 Å². The van der Waals surface area contributed by atoms with Gasteiger partial charge >= 0.3 is 0 Å². The Morgan fingerprint density at radius 2 is 1.66 bits per heavy atom. The van der Waals surface area contributed by atoms with Crippen LogP contribution in [0, 0.1) is 27.7 Å². The summed E-state index contributed by atoms with van der Waals surface area (Å²) in [7, 11) is -2.20. The molecule has 0 aliphatic heterocycles. The van der Waals surface area contributed by atoms with Crippen LogP contribution in [0.1, 0.15) is 35.0 Å². The summed E-state index contributed by atoms with van der Waals surface area (Å²) in [6.45, 7) is 9.65. The van der Waals surface area contributed by atoms with Crippen LogP contribution in [0.2, 0.25) is 0 Å². The number of rotatable bonds is 8. The van der Waals surface area contributed by atoms with Gasteiger partial charge in [-0.15, -0.1) is 0 Å². The van der Waals surface area contributed by atoms with Gasteiger partial charge in [-0.1, -0.05) is 6.07 Å². The molecule has 3 rings (SSSR count). The summed E-state index contributed by atoms with van der Waals surface area (Å²) in [5.74, 6) is 0.0351. The van der Waals surface area contributed by atoms with Gasteiger partial charge in [-0.3, -0.25) is 9.10 Å². The van der Waals surface area contributed by atoms with Gasteiger partial charge in [-0.2, -0.15) is 5.10 Å². The number of anilines is 1. The summed E-state index contributed by atoms with van der Waals surface area (Å²) in [6, 6.07) is 13.8. The Morgan fingerprint density at radius 1 is 1.06 bits per heavy atom. The molecule has 0 aliphatic carbocycles. The van der Waals surface area contributed by atoms with Gasteiger partial charge in [-0.25, -0.2) is 13.8 Å². The predicted molar refractivity (Wildman–Crippen MR) is 140 cm³/mol. The van der Waals surface area contributed by atoms with Crippen LogP contribution >= 0.6 is 0 Å². The topological polar surface area (TPSA) is 93.0 Å². The summed E-state index contributed by atoms with van der Waals surface area (Å²) < 4.78 is 33.3. The monoisotopic (exact) mass is 496 g/mol. The van der Waals surface area contributed by atoms with Gasteiger partial charge in [0.1, 0.15) is 11.8 Å². The molecule has 0 spiro atoms. The highest BCUT2D eigenvalue weighted by atomic mass is 32.2. The molecule has 1 heterocycles. The minimum Gasteiger partial charge on any atom is -0.497 e. The number of aryl methyl sites for hydroxylation is 3. The molecule has 0 fully saturated rings. The maximum absolute atomic E-state index is 12.8. The zero-order chi connectivity index (χ0) is 25.9. The Labute approximate surface area is 207 Å². The van der Waals surface area contributed by atoms with Crippen molar-refractivity contribution in [3.8, 4) is 11.4 Å². The lowest BCUT2D eigenvalue weighted by Gasteiger charge is -2.27. The zero-order valence-corrected chi connectivity index (χ0v) is 22.0. The average Bonchev–Trinajstić information content (AvgIpc) is 3.05. The Hall–Kier alpha value is -3.59. The maximum Gasteiger partial charge on any atom is 0.263 e. The van der Waals surface area contributed by atoms with Crippen molar-refractivity contribution in [3.63, 3.8) is 0 Å². The van der Waals surface area contributed by atoms with Gasteiger partial charge in [0.25, 0.3) is 5.91 Å². The Balaban J connectivity index is 1.80. The quantitative estimate of drug-likeness (QED) is 0.377. The lowest BCUT2D eigenvalue weighted by molar-refractivity contribution is -0.121. The first-order valence-corrected chi connectivity index (χ1v) is 13.0. The first-order valence-electron chi connectivity index (χ1n) is 11.2. The van der Waals surface area contributed by atoms with Crippen molar-refractivity contribution in [1.82, 2.24) is 9.99 Å². The van der Waals surface area contributed by atoms with Crippen LogP contribution in [0.15, 0.2) is 53.6 Å². The highest BCUT2D eigenvalue weighted by molar-refractivity contribution is 7.92. The fourth-order valence-electron chi connectivity index (χ4n) is 4.19. The van der Waals surface area contributed by atoms with Crippen LogP contribution in [0.5, 0.6) is 5.75 Å². The second-order valence-electron chi connectivity index (χ2n) is 8.67. The first kappa shape index (κ1) is 26.0. The van der Waals surface area contributed by atoms with E-state index in [0.717, 1.165) is 33.2 Å². The molecule has 0 saturated heterocycles. The van der Waals surface area contributed by atoms with Crippen LogP contribution in [0.4, 0.5) is 5.69 Å². The number of sulfonamides is 1. The van der Waals surface area contributed by atoms with Crippen LogP contribution in [0.25, 0.3) is 5.69 Å². The normalized spacial score (nSPS) is 12.5. The number of nitrogens with one attached hydrogen (secondary N) is 1. The fourth-order valence-corrected chi connectivity index (χ4v) is 5.37. The highest BCUT2D eigenvalue weighted by Gasteiger charge is 2.29. The molecule has 0 bridgehead atoms. The molecular weight excluding hydrogens is 464 g/mol. The molecule has 186 valence electrons. The van der Waals surface area contributed by atoms with E-state index in [4.69, 9.17) is 4.74 Å². The number of ether oxygens (including phenoxy) is 1. The van der Waals surface area contributed by atoms with Gasteiger partial charge in [0.05, 0.1) is 25.3 Å². The van der Waals surface area contributed by atoms with Gasteiger partial charge in [-0.05, 0) is 88.2 Å². The smallest absolute Gasteiger partial charge is 0.263 e. The molecule has 0 radical (unpaired) electrons. The van der Waals surface area contributed by atoms with Crippen LogP contribution in [-0.2, 0) is 14.8 Å². The molecule has 2 aromatic carbocycles. The molecule has 8 nitrogen and oxygen atoms in total. The standard InChI is InChI=1S/C26H32N4O4S/c1-17-12-18(2)14-24(13-17)29-19(3)15-22(20(29)4)16-27-28-26(31)21(5)30(35(7,32)33)23-8-10-25(34-6)11-9-23/h8-16,21H,1-7H3,(H,28,31)/b27-16-/t21-/m1/s1. The average molecular weight is 497 g/mol. The van der Waals surface area contributed by atoms with Crippen molar-refractivity contribution in [2.75, 3.05) is 17.7 Å². The van der Waals surface area contributed by atoms with E-state index in [1.165, 1.54) is 25.2 Å². The molecule has 0 saturated carbocycles. The summed E-state index contributed by atoms with van der Waals surface area (Å²) in [4.78, 5) is 12.8. The Morgan fingerprint density at radius 3 is 2.20 bits per heavy atom. The molecular formula is C26H32N4O4S. The number of benzene rings is 2. The minimum atomic E-state index is -3.73. The molecule has 1 atom stereocenters. The molecule has 3 aromatic rings. The summed E-state index contributed by atoms with van der Waals surface area (Å²) in [5, 5.41) is 4.11. The van der Waals surface area contributed by atoms with E-state index >= 15 is 0 Å². The zero-order valence-electron chi connectivity index (χ0n) is 21.2. The Bertz CT molecular complexity index is 1340. The van der Waals surface area contributed by atoms with Gasteiger partial charge < -0.3 is 9.30 Å². The maximum atomic E-state index is 12.8. The molecule has 9 heteroatoms. The van der Waals surface area contributed by atoms with Crippen molar-refractivity contribution in [2.45, 2.75) is 40.7 Å². The number of carbonyl (C=O) groups excluding carboxylic acids is 1. The molecule has 1 N–H and O–H groups in total. The van der Waals surface area contributed by atoms with Gasteiger partial charge in [0.15, 0.2) is 0 Å². The lowest BCUT2D eigenvalue weighted by Crippen LogP contribution is -2.46. The van der Waals surface area contributed by atoms with Gasteiger partial charge in [0, 0.05) is 22.6 Å². The van der Waals surface area contributed by atoms with Crippen molar-refractivity contribution >= 4 is 27.8 Å². The van der Waals surface area contributed by atoms with Crippen molar-refractivity contribution < 1.29 is 17.9 Å². The number of methoxy groups -OCH3 is 1. The van der Waals surface area contributed by atoms with Crippen molar-refractivity contribution in [2.24, 2.45) is 5.10 Å². The first-order chi connectivity index (χ1) is 16.4. The number of hydrazone groups is 1. The molecule has 0 unspecified atom stereocenters. The minimum absolute atomic E-state index is 0.358. The van der Waals surface area contributed by atoms with Gasteiger partial charge in [0.2, 0.25) is 10.0 Å². The molecule has 35 heavy (non-hydrogen) atoms. The second kappa shape index (κ2) is 10.4. The summed E-state index contributed by atoms with van der Waals surface area (Å²) in [6.07, 6.45) is 2.64. The van der Waals surface area contributed by atoms with Crippen LogP contribution in [0.3, 0.4) is 0 Å². The summed E-state index contributed by atoms with van der Waals surface area (Å²) >= 11 is 0. The SMILES string of the molecule is COc1ccc(N([C@H](C)C(=O)N/N=C\c2cc(C)n(-c3cc(C)cc(C)c3)c2C)S(C)(=O)=O)cc1. The number of aromatic nitrogens is 1. The van der Waals surface area contributed by atoms with E-state index < -0.39 is 22.0 Å². The highest BCUT2D eigenvalue weighted by Crippen LogP contribution is 2.24. The number of hydrogen-bond acceptors (Lipinski definition) is 5. The fraction of sp³-hybridized carbons (Fsp3) is 0.308. The van der Waals surface area contributed by atoms with Crippen LogP contribution in [-0.4, -0.2) is 44.5 Å². The molecule has 0 aliphatic rings. The second-order valence-corrected chi connectivity index (χ2v) is 10.5. The van der Waals surface area contributed by atoms with Crippen LogP contribution < -0.4 is 14.5 Å². The third kappa shape index (κ3) is 5.92. The Kier molecular flexibility index (Phi) is 7.70. The third-order valence-corrected chi connectivity index (χ3v) is 6.97. The predicted octanol–water partition coefficient (Wildman–Crippen LogP) is 4.02. The number of hydrogen-bond donors (Lipinski definition) is 1. The number of carbonyl (C=O) groups is 1. The molecule has 1 aromatic heterocycles. The van der Waals surface area contributed by atoms with E-state index in [-0.39, 0.29) is 0 Å². The van der Waals surface area contributed by atoms with Crippen molar-refractivity contribution in [3.05, 3.63) is 76.6 Å². The van der Waals surface area contributed by atoms with E-state index in [0.29, 0.717) is 11.4 Å². The van der Waals surface area contributed by atoms with E-state index in [9.17, 15) is 13.2 Å². The number of amides is 1. The third-order valence-electron chi connectivity index (χ3n) is 5.73. The molecule has 1 amide bonds. The van der Waals surface area contributed by atoms with Crippen molar-refractivity contribution in [1.29, 1.82) is 0 Å². The summed E-state index contributed by atoms with van der Waals surface area (Å²) in [5.41, 5.74) is 9.13. The number of nitrogens with zero attached hydrogens (tertiary/aromatic N) is 3. The van der Waals surface area contributed by atoms with E-state index in [2.05, 4.69) is 47.1 Å². The van der Waals surface area contributed by atoms with E-state index in [1.54, 1.807) is 30.5 Å². The lowest BCUT2D eigenvalue weighted by atomic mass is 10.1. The largest absolute Gasteiger partial charge is 0.497 e.